The standard InChI is InChI=1S/C17H23FO2/c1-20-16-4-2-3-13(17(16)18)9-15(19)10-14-8-11-5-6-12(14)7-11/h2-4,11-12,14-15,19H,5-10H2,1H3. The lowest BCUT2D eigenvalue weighted by atomic mass is 9.84. The van der Waals surface area contributed by atoms with Crippen molar-refractivity contribution in [2.24, 2.45) is 17.8 Å². The molecule has 0 saturated heterocycles. The predicted molar refractivity (Wildman–Crippen MR) is 76.2 cm³/mol. The second kappa shape index (κ2) is 5.72. The lowest BCUT2D eigenvalue weighted by Crippen LogP contribution is -2.20. The molecule has 2 aliphatic carbocycles. The molecular weight excluding hydrogens is 255 g/mol. The van der Waals surface area contributed by atoms with Crippen LogP contribution in [0.5, 0.6) is 5.75 Å². The first kappa shape index (κ1) is 13.9. The second-order valence-corrected chi connectivity index (χ2v) is 6.46. The summed E-state index contributed by atoms with van der Waals surface area (Å²) < 4.78 is 19.0. The molecule has 0 aliphatic heterocycles. The highest BCUT2D eigenvalue weighted by Gasteiger charge is 2.39. The summed E-state index contributed by atoms with van der Waals surface area (Å²) in [6, 6.07) is 5.13. The minimum absolute atomic E-state index is 0.259. The van der Waals surface area contributed by atoms with E-state index in [0.717, 1.165) is 18.3 Å². The molecule has 4 unspecified atom stereocenters. The first-order valence-electron chi connectivity index (χ1n) is 7.66. The van der Waals surface area contributed by atoms with E-state index in [0.29, 0.717) is 17.9 Å². The molecule has 1 aromatic rings. The van der Waals surface area contributed by atoms with Gasteiger partial charge in [0.25, 0.3) is 0 Å². The predicted octanol–water partition coefficient (Wildman–Crippen LogP) is 3.56. The summed E-state index contributed by atoms with van der Waals surface area (Å²) in [5, 5.41) is 10.3. The maximum Gasteiger partial charge on any atom is 0.168 e. The number of rotatable bonds is 5. The van der Waals surface area contributed by atoms with Crippen LogP contribution in [-0.2, 0) is 6.42 Å². The minimum atomic E-state index is -0.444. The van der Waals surface area contributed by atoms with Crippen molar-refractivity contribution in [1.29, 1.82) is 0 Å². The topological polar surface area (TPSA) is 29.5 Å². The molecule has 1 N–H and O–H groups in total. The van der Waals surface area contributed by atoms with Gasteiger partial charge in [0.2, 0.25) is 0 Å². The van der Waals surface area contributed by atoms with Crippen molar-refractivity contribution < 1.29 is 14.2 Å². The number of aliphatic hydroxyl groups is 1. The van der Waals surface area contributed by atoms with Crippen LogP contribution in [0.4, 0.5) is 4.39 Å². The maximum absolute atomic E-state index is 14.1. The van der Waals surface area contributed by atoms with Gasteiger partial charge in [-0.3, -0.25) is 0 Å². The molecule has 2 aliphatic rings. The fraction of sp³-hybridized carbons (Fsp3) is 0.647. The highest BCUT2D eigenvalue weighted by molar-refractivity contribution is 5.31. The van der Waals surface area contributed by atoms with E-state index in [1.54, 1.807) is 18.2 Å². The van der Waals surface area contributed by atoms with Gasteiger partial charge in [-0.2, -0.15) is 0 Å². The van der Waals surface area contributed by atoms with Crippen molar-refractivity contribution >= 4 is 0 Å². The number of hydrogen-bond acceptors (Lipinski definition) is 2. The average Bonchev–Trinajstić information content (AvgIpc) is 3.03. The smallest absolute Gasteiger partial charge is 0.168 e. The first-order valence-corrected chi connectivity index (χ1v) is 7.66. The van der Waals surface area contributed by atoms with Crippen molar-refractivity contribution in [2.75, 3.05) is 7.11 Å². The summed E-state index contributed by atoms with van der Waals surface area (Å²) in [6.45, 7) is 0. The Balaban J connectivity index is 1.60. The molecule has 2 fully saturated rings. The van der Waals surface area contributed by atoms with Gasteiger partial charge in [0.1, 0.15) is 0 Å². The molecule has 0 radical (unpaired) electrons. The van der Waals surface area contributed by atoms with Gasteiger partial charge >= 0.3 is 0 Å². The summed E-state index contributed by atoms with van der Waals surface area (Å²) in [5.41, 5.74) is 0.556. The number of fused-ring (bicyclic) bond motifs is 2. The lowest BCUT2D eigenvalue weighted by molar-refractivity contribution is 0.123. The quantitative estimate of drug-likeness (QED) is 0.892. The van der Waals surface area contributed by atoms with Gasteiger partial charge < -0.3 is 9.84 Å². The van der Waals surface area contributed by atoms with E-state index in [2.05, 4.69) is 0 Å². The molecule has 3 heteroatoms. The molecule has 20 heavy (non-hydrogen) atoms. The Hall–Kier alpha value is -1.09. The first-order chi connectivity index (χ1) is 9.67. The monoisotopic (exact) mass is 278 g/mol. The fourth-order valence-corrected chi connectivity index (χ4v) is 4.22. The number of ether oxygens (including phenoxy) is 1. The second-order valence-electron chi connectivity index (χ2n) is 6.46. The zero-order chi connectivity index (χ0) is 14.1. The van der Waals surface area contributed by atoms with Gasteiger partial charge in [-0.15, -0.1) is 0 Å². The van der Waals surface area contributed by atoms with E-state index in [9.17, 15) is 9.50 Å². The Kier molecular flexibility index (Phi) is 3.97. The molecule has 2 bridgehead atoms. The zero-order valence-electron chi connectivity index (χ0n) is 12.0. The number of hydrogen-bond donors (Lipinski definition) is 1. The van der Waals surface area contributed by atoms with Crippen molar-refractivity contribution in [3.63, 3.8) is 0 Å². The van der Waals surface area contributed by atoms with E-state index in [1.807, 2.05) is 0 Å². The molecule has 2 nitrogen and oxygen atoms in total. The van der Waals surface area contributed by atoms with Crippen LogP contribution in [0.25, 0.3) is 0 Å². The van der Waals surface area contributed by atoms with Crippen LogP contribution in [-0.4, -0.2) is 18.3 Å². The average molecular weight is 278 g/mol. The molecular formula is C17H23FO2. The minimum Gasteiger partial charge on any atom is -0.494 e. The fourth-order valence-electron chi connectivity index (χ4n) is 4.22. The van der Waals surface area contributed by atoms with Crippen LogP contribution in [0, 0.1) is 23.6 Å². The molecule has 0 spiro atoms. The molecule has 0 aromatic heterocycles. The van der Waals surface area contributed by atoms with Gasteiger partial charge in [-0.1, -0.05) is 18.6 Å². The van der Waals surface area contributed by atoms with Gasteiger partial charge in [0.05, 0.1) is 13.2 Å². The van der Waals surface area contributed by atoms with E-state index >= 15 is 0 Å². The summed E-state index contributed by atoms with van der Waals surface area (Å²) in [5.74, 6) is 2.28. The third-order valence-corrected chi connectivity index (χ3v) is 5.18. The summed E-state index contributed by atoms with van der Waals surface area (Å²) in [4.78, 5) is 0. The maximum atomic E-state index is 14.1. The highest BCUT2D eigenvalue weighted by atomic mass is 19.1. The van der Waals surface area contributed by atoms with E-state index in [4.69, 9.17) is 4.74 Å². The van der Waals surface area contributed by atoms with Gasteiger partial charge in [0.15, 0.2) is 11.6 Å². The molecule has 2 saturated carbocycles. The zero-order valence-corrected chi connectivity index (χ0v) is 12.0. The Morgan fingerprint density at radius 3 is 2.85 bits per heavy atom. The molecule has 110 valence electrons. The van der Waals surface area contributed by atoms with E-state index < -0.39 is 6.10 Å². The van der Waals surface area contributed by atoms with Crippen LogP contribution in [0.2, 0.25) is 0 Å². The van der Waals surface area contributed by atoms with E-state index in [-0.39, 0.29) is 11.6 Å². The molecule has 1 aromatic carbocycles. The highest BCUT2D eigenvalue weighted by Crippen LogP contribution is 2.50. The molecule has 4 atom stereocenters. The number of halogens is 1. The van der Waals surface area contributed by atoms with Crippen LogP contribution in [0.1, 0.15) is 37.7 Å². The van der Waals surface area contributed by atoms with Crippen LogP contribution in [0.3, 0.4) is 0 Å². The van der Waals surface area contributed by atoms with Crippen molar-refractivity contribution in [1.82, 2.24) is 0 Å². The van der Waals surface area contributed by atoms with Crippen molar-refractivity contribution in [3.05, 3.63) is 29.6 Å². The SMILES string of the molecule is COc1cccc(CC(O)CC2CC3CCC2C3)c1F. The van der Waals surface area contributed by atoms with Crippen LogP contribution < -0.4 is 4.74 Å². The third kappa shape index (κ3) is 2.69. The van der Waals surface area contributed by atoms with E-state index in [1.165, 1.54) is 32.8 Å². The number of methoxy groups -OCH3 is 1. The largest absolute Gasteiger partial charge is 0.494 e. The summed E-state index contributed by atoms with van der Waals surface area (Å²) in [7, 11) is 1.47. The summed E-state index contributed by atoms with van der Waals surface area (Å²) >= 11 is 0. The molecule has 3 rings (SSSR count). The van der Waals surface area contributed by atoms with Gasteiger partial charge in [-0.25, -0.2) is 4.39 Å². The number of benzene rings is 1. The Morgan fingerprint density at radius 1 is 1.35 bits per heavy atom. The van der Waals surface area contributed by atoms with Crippen LogP contribution in [0.15, 0.2) is 18.2 Å². The van der Waals surface area contributed by atoms with Crippen molar-refractivity contribution in [3.8, 4) is 5.75 Å². The Labute approximate surface area is 120 Å². The Morgan fingerprint density at radius 2 is 2.20 bits per heavy atom. The van der Waals surface area contributed by atoms with Gasteiger partial charge in [-0.05, 0) is 55.1 Å². The van der Waals surface area contributed by atoms with Gasteiger partial charge in [0, 0.05) is 6.42 Å². The Bertz CT molecular complexity index is 474. The number of aliphatic hydroxyl groups excluding tert-OH is 1. The molecule has 0 heterocycles. The van der Waals surface area contributed by atoms with Crippen molar-refractivity contribution in [2.45, 2.75) is 44.6 Å². The lowest BCUT2D eigenvalue weighted by Gasteiger charge is -2.24. The third-order valence-electron chi connectivity index (χ3n) is 5.18. The normalized spacial score (nSPS) is 29.6. The summed E-state index contributed by atoms with van der Waals surface area (Å²) in [6.07, 6.45) is 6.08. The van der Waals surface area contributed by atoms with Crippen LogP contribution >= 0.6 is 0 Å². The molecule has 0 amide bonds.